The van der Waals surface area contributed by atoms with Crippen LogP contribution in [0.15, 0.2) is 49.2 Å². The van der Waals surface area contributed by atoms with Crippen LogP contribution in [0, 0.1) is 0 Å². The second kappa shape index (κ2) is 5.34. The molecule has 4 aromatic heterocycles. The van der Waals surface area contributed by atoms with Crippen molar-refractivity contribution in [3.05, 3.63) is 49.2 Å². The fraction of sp³-hybridized carbons (Fsp3) is 0. The fourth-order valence-corrected chi connectivity index (χ4v) is 2.16. The zero-order valence-corrected chi connectivity index (χ0v) is 11.9. The van der Waals surface area contributed by atoms with Crippen LogP contribution in [0.1, 0.15) is 0 Å². The molecule has 0 atom stereocenters. The molecule has 0 aromatic carbocycles. The van der Waals surface area contributed by atoms with Gasteiger partial charge >= 0.3 is 0 Å². The first-order chi connectivity index (χ1) is 11.3. The van der Waals surface area contributed by atoms with Gasteiger partial charge in [-0.25, -0.2) is 19.9 Å². The van der Waals surface area contributed by atoms with Crippen molar-refractivity contribution in [2.45, 2.75) is 0 Å². The number of hydrogen-bond acceptors (Lipinski definition) is 7. The average Bonchev–Trinajstić information content (AvgIpc) is 3.01. The molecular formula is C15H12N8. The summed E-state index contributed by atoms with van der Waals surface area (Å²) in [6.45, 7) is 0. The Balaban J connectivity index is 1.66. The highest BCUT2D eigenvalue weighted by Gasteiger charge is 2.07. The van der Waals surface area contributed by atoms with Crippen molar-refractivity contribution >= 4 is 28.5 Å². The predicted molar refractivity (Wildman–Crippen MR) is 86.8 cm³/mol. The standard InChI is InChI=1S/C15H12N8/c16-12-7-20-14(8-18-12)23-13-5-10-11(6-19-13)22-15(21-10)9-1-3-17-4-2-9/h1-8H,(H2,16,18)(H,21,22)(H,19,20,23). The lowest BCUT2D eigenvalue weighted by atomic mass is 10.2. The van der Waals surface area contributed by atoms with Crippen LogP contribution in [0.4, 0.5) is 17.5 Å². The summed E-state index contributed by atoms with van der Waals surface area (Å²) in [5.41, 5.74) is 8.14. The Bertz CT molecular complexity index is 946. The molecule has 0 fully saturated rings. The molecule has 0 spiro atoms. The molecule has 112 valence electrons. The summed E-state index contributed by atoms with van der Waals surface area (Å²) in [5.74, 6) is 2.34. The molecule has 0 saturated carbocycles. The molecule has 8 heteroatoms. The lowest BCUT2D eigenvalue weighted by Crippen LogP contribution is -1.98. The molecule has 0 aliphatic heterocycles. The molecule has 0 radical (unpaired) electrons. The highest BCUT2D eigenvalue weighted by Crippen LogP contribution is 2.22. The van der Waals surface area contributed by atoms with Gasteiger partial charge in [0.2, 0.25) is 0 Å². The Morgan fingerprint density at radius 3 is 2.57 bits per heavy atom. The van der Waals surface area contributed by atoms with Gasteiger partial charge in [-0.1, -0.05) is 0 Å². The van der Waals surface area contributed by atoms with Crippen molar-refractivity contribution < 1.29 is 0 Å². The van der Waals surface area contributed by atoms with E-state index >= 15 is 0 Å². The van der Waals surface area contributed by atoms with E-state index in [1.807, 2.05) is 18.2 Å². The third kappa shape index (κ3) is 2.64. The number of nitrogens with one attached hydrogen (secondary N) is 2. The number of nitrogens with zero attached hydrogens (tertiary/aromatic N) is 5. The molecular weight excluding hydrogens is 292 g/mol. The molecule has 23 heavy (non-hydrogen) atoms. The fourth-order valence-electron chi connectivity index (χ4n) is 2.16. The first kappa shape index (κ1) is 13.1. The number of hydrogen-bond donors (Lipinski definition) is 3. The molecule has 0 aliphatic carbocycles. The minimum Gasteiger partial charge on any atom is -0.382 e. The molecule has 0 amide bonds. The highest BCUT2D eigenvalue weighted by atomic mass is 15.1. The van der Waals surface area contributed by atoms with Crippen molar-refractivity contribution in [1.29, 1.82) is 0 Å². The van der Waals surface area contributed by atoms with Gasteiger partial charge in [0.05, 0.1) is 29.6 Å². The maximum atomic E-state index is 5.52. The van der Waals surface area contributed by atoms with Crippen LogP contribution in [-0.2, 0) is 0 Å². The van der Waals surface area contributed by atoms with Crippen LogP contribution in [0.3, 0.4) is 0 Å². The van der Waals surface area contributed by atoms with Gasteiger partial charge in [-0.05, 0) is 12.1 Å². The van der Waals surface area contributed by atoms with E-state index in [0.29, 0.717) is 17.5 Å². The quantitative estimate of drug-likeness (QED) is 0.530. The molecule has 0 aliphatic rings. The van der Waals surface area contributed by atoms with Gasteiger partial charge in [0.1, 0.15) is 23.3 Å². The van der Waals surface area contributed by atoms with Crippen LogP contribution in [0.2, 0.25) is 0 Å². The summed E-state index contributed by atoms with van der Waals surface area (Å²) in [6.07, 6.45) is 8.21. The number of imidazole rings is 1. The number of anilines is 3. The maximum absolute atomic E-state index is 5.52. The number of rotatable bonds is 3. The van der Waals surface area contributed by atoms with Crippen molar-refractivity contribution in [1.82, 2.24) is 29.9 Å². The smallest absolute Gasteiger partial charge is 0.150 e. The Kier molecular flexibility index (Phi) is 3.05. The van der Waals surface area contributed by atoms with Crippen LogP contribution in [0.25, 0.3) is 22.4 Å². The number of aromatic nitrogens is 6. The van der Waals surface area contributed by atoms with Gasteiger partial charge < -0.3 is 16.0 Å². The normalized spacial score (nSPS) is 10.8. The zero-order chi connectivity index (χ0) is 15.6. The van der Waals surface area contributed by atoms with E-state index in [4.69, 9.17) is 5.73 Å². The zero-order valence-electron chi connectivity index (χ0n) is 11.9. The topological polar surface area (TPSA) is 118 Å². The van der Waals surface area contributed by atoms with Crippen LogP contribution in [-0.4, -0.2) is 29.9 Å². The summed E-state index contributed by atoms with van der Waals surface area (Å²) in [6, 6.07) is 5.64. The van der Waals surface area contributed by atoms with E-state index in [-0.39, 0.29) is 0 Å². The number of nitrogens with two attached hydrogens (primary N) is 1. The third-order valence-electron chi connectivity index (χ3n) is 3.25. The van der Waals surface area contributed by atoms with E-state index in [1.165, 1.54) is 6.20 Å². The predicted octanol–water partition coefficient (Wildman–Crippen LogP) is 2.14. The second-order valence-electron chi connectivity index (χ2n) is 4.86. The molecule has 0 saturated heterocycles. The molecule has 4 rings (SSSR count). The lowest BCUT2D eigenvalue weighted by molar-refractivity contribution is 1.19. The highest BCUT2D eigenvalue weighted by molar-refractivity contribution is 5.81. The second-order valence-corrected chi connectivity index (χ2v) is 4.86. The van der Waals surface area contributed by atoms with Crippen LogP contribution < -0.4 is 11.1 Å². The van der Waals surface area contributed by atoms with E-state index in [0.717, 1.165) is 22.4 Å². The Hall–Kier alpha value is -3.55. The van der Waals surface area contributed by atoms with E-state index < -0.39 is 0 Å². The summed E-state index contributed by atoms with van der Waals surface area (Å²) < 4.78 is 0. The Morgan fingerprint density at radius 2 is 1.78 bits per heavy atom. The minimum absolute atomic E-state index is 0.369. The van der Waals surface area contributed by atoms with Crippen molar-refractivity contribution in [3.8, 4) is 11.4 Å². The summed E-state index contributed by atoms with van der Waals surface area (Å²) in [4.78, 5) is 24.3. The Labute approximate surface area is 130 Å². The van der Waals surface area contributed by atoms with E-state index in [1.54, 1.807) is 24.8 Å². The first-order valence-corrected chi connectivity index (χ1v) is 6.89. The minimum atomic E-state index is 0.369. The largest absolute Gasteiger partial charge is 0.382 e. The van der Waals surface area contributed by atoms with Crippen LogP contribution in [0.5, 0.6) is 0 Å². The van der Waals surface area contributed by atoms with Gasteiger partial charge in [-0.2, -0.15) is 0 Å². The third-order valence-corrected chi connectivity index (χ3v) is 3.25. The van der Waals surface area contributed by atoms with Gasteiger partial charge in [-0.15, -0.1) is 0 Å². The molecule has 4 heterocycles. The SMILES string of the molecule is Nc1cnc(Nc2cc3nc(-c4ccncc4)[nH]c3cn2)cn1. The van der Waals surface area contributed by atoms with Crippen molar-refractivity contribution in [2.24, 2.45) is 0 Å². The maximum Gasteiger partial charge on any atom is 0.150 e. The molecule has 0 unspecified atom stereocenters. The van der Waals surface area contributed by atoms with Crippen LogP contribution >= 0.6 is 0 Å². The number of pyridine rings is 2. The van der Waals surface area contributed by atoms with Crippen molar-refractivity contribution in [3.63, 3.8) is 0 Å². The number of aromatic amines is 1. The number of nitrogen functional groups attached to an aromatic ring is 1. The van der Waals surface area contributed by atoms with E-state index in [9.17, 15) is 0 Å². The molecule has 0 bridgehead atoms. The monoisotopic (exact) mass is 304 g/mol. The summed E-state index contributed by atoms with van der Waals surface area (Å²) >= 11 is 0. The molecule has 4 aromatic rings. The Morgan fingerprint density at radius 1 is 0.957 bits per heavy atom. The first-order valence-electron chi connectivity index (χ1n) is 6.89. The number of H-pyrrole nitrogens is 1. The lowest BCUT2D eigenvalue weighted by Gasteiger charge is -2.03. The molecule has 4 N–H and O–H groups in total. The van der Waals surface area contributed by atoms with Gasteiger partial charge in [0.25, 0.3) is 0 Å². The summed E-state index contributed by atoms with van der Waals surface area (Å²) in [5, 5.41) is 3.07. The number of fused-ring (bicyclic) bond motifs is 1. The van der Waals surface area contributed by atoms with Gasteiger partial charge in [0, 0.05) is 24.0 Å². The van der Waals surface area contributed by atoms with Gasteiger partial charge in [0.15, 0.2) is 0 Å². The van der Waals surface area contributed by atoms with E-state index in [2.05, 4.69) is 35.2 Å². The van der Waals surface area contributed by atoms with Gasteiger partial charge in [-0.3, -0.25) is 4.98 Å². The average molecular weight is 304 g/mol. The molecule has 8 nitrogen and oxygen atoms in total. The van der Waals surface area contributed by atoms with Crippen molar-refractivity contribution in [2.75, 3.05) is 11.1 Å². The summed E-state index contributed by atoms with van der Waals surface area (Å²) in [7, 11) is 0.